The Morgan fingerprint density at radius 1 is 1.28 bits per heavy atom. The highest BCUT2D eigenvalue weighted by molar-refractivity contribution is 5.49. The van der Waals surface area contributed by atoms with Gasteiger partial charge in [0, 0.05) is 12.5 Å². The van der Waals surface area contributed by atoms with Gasteiger partial charge in [0.15, 0.2) is 0 Å². The van der Waals surface area contributed by atoms with E-state index in [1.165, 1.54) is 12.8 Å². The zero-order chi connectivity index (χ0) is 13.0. The Hall–Kier alpha value is -1.32. The van der Waals surface area contributed by atoms with Gasteiger partial charge in [-0.15, -0.1) is 0 Å². The van der Waals surface area contributed by atoms with Gasteiger partial charge in [-0.05, 0) is 33.1 Å². The third-order valence-corrected chi connectivity index (χ3v) is 3.14. The molecule has 1 N–H and O–H groups in total. The molecule has 2 rings (SSSR count). The maximum absolute atomic E-state index is 5.79. The lowest BCUT2D eigenvalue weighted by molar-refractivity contribution is 0.294. The van der Waals surface area contributed by atoms with Crippen LogP contribution in [-0.2, 0) is 0 Å². The molecular formula is C14H23N3O. The molecule has 1 aromatic heterocycles. The van der Waals surface area contributed by atoms with Crippen molar-refractivity contribution in [2.45, 2.75) is 52.4 Å². The van der Waals surface area contributed by atoms with Crippen molar-refractivity contribution in [1.82, 2.24) is 9.97 Å². The number of unbranched alkanes of at least 4 members (excludes halogenated alkanes) is 1. The number of hydrogen-bond donors (Lipinski definition) is 1. The summed E-state index contributed by atoms with van der Waals surface area (Å²) in [5.41, 5.74) is 1.03. The van der Waals surface area contributed by atoms with Gasteiger partial charge >= 0.3 is 0 Å². The van der Waals surface area contributed by atoms with Gasteiger partial charge in [0.2, 0.25) is 5.88 Å². The zero-order valence-corrected chi connectivity index (χ0v) is 11.6. The van der Waals surface area contributed by atoms with E-state index in [-0.39, 0.29) is 0 Å². The Bertz CT molecular complexity index is 402. The predicted octanol–water partition coefficient (Wildman–Crippen LogP) is 3.27. The molecule has 1 aliphatic rings. The molecule has 4 nitrogen and oxygen atoms in total. The molecule has 0 atom stereocenters. The summed E-state index contributed by atoms with van der Waals surface area (Å²) in [6.45, 7) is 7.88. The fourth-order valence-electron chi connectivity index (χ4n) is 1.83. The Morgan fingerprint density at radius 3 is 2.67 bits per heavy atom. The first-order valence-corrected chi connectivity index (χ1v) is 7.01. The normalized spacial score (nSPS) is 14.6. The standard InChI is InChI=1S/C14H23N3O/c1-4-6-9-18-14-10(3)12(15-5-2)16-13(17-14)11-7-8-11/h11H,4-9H2,1-3H3,(H,15,16,17). The zero-order valence-electron chi connectivity index (χ0n) is 11.6. The number of ether oxygens (including phenoxy) is 1. The highest BCUT2D eigenvalue weighted by atomic mass is 16.5. The van der Waals surface area contributed by atoms with E-state index in [4.69, 9.17) is 4.74 Å². The summed E-state index contributed by atoms with van der Waals surface area (Å²) in [6, 6.07) is 0. The molecule has 0 amide bonds. The first-order chi connectivity index (χ1) is 8.76. The number of nitrogens with one attached hydrogen (secondary N) is 1. The van der Waals surface area contributed by atoms with Gasteiger partial charge in [-0.1, -0.05) is 13.3 Å². The molecule has 0 unspecified atom stereocenters. The molecule has 1 fully saturated rings. The van der Waals surface area contributed by atoms with Crippen LogP contribution >= 0.6 is 0 Å². The van der Waals surface area contributed by atoms with Crippen molar-refractivity contribution in [1.29, 1.82) is 0 Å². The molecule has 1 saturated carbocycles. The van der Waals surface area contributed by atoms with Gasteiger partial charge in [-0.2, -0.15) is 4.98 Å². The van der Waals surface area contributed by atoms with Crippen LogP contribution in [0.15, 0.2) is 0 Å². The molecule has 0 spiro atoms. The number of nitrogens with zero attached hydrogens (tertiary/aromatic N) is 2. The molecule has 0 saturated heterocycles. The second-order valence-electron chi connectivity index (χ2n) is 4.87. The molecule has 0 radical (unpaired) electrons. The van der Waals surface area contributed by atoms with E-state index in [9.17, 15) is 0 Å². The lowest BCUT2D eigenvalue weighted by Gasteiger charge is -2.13. The monoisotopic (exact) mass is 249 g/mol. The van der Waals surface area contributed by atoms with Crippen molar-refractivity contribution < 1.29 is 4.74 Å². The molecular weight excluding hydrogens is 226 g/mol. The minimum Gasteiger partial charge on any atom is -0.477 e. The van der Waals surface area contributed by atoms with Crippen molar-refractivity contribution in [3.05, 3.63) is 11.4 Å². The summed E-state index contributed by atoms with van der Waals surface area (Å²) in [7, 11) is 0. The number of aromatic nitrogens is 2. The quantitative estimate of drug-likeness (QED) is 0.753. The summed E-state index contributed by atoms with van der Waals surface area (Å²) < 4.78 is 5.79. The molecule has 18 heavy (non-hydrogen) atoms. The van der Waals surface area contributed by atoms with E-state index in [0.717, 1.165) is 49.1 Å². The first kappa shape index (κ1) is 13.1. The van der Waals surface area contributed by atoms with Crippen molar-refractivity contribution in [3.63, 3.8) is 0 Å². The summed E-state index contributed by atoms with van der Waals surface area (Å²) in [6.07, 6.45) is 4.63. The minimum absolute atomic E-state index is 0.552. The topological polar surface area (TPSA) is 47.0 Å². The highest BCUT2D eigenvalue weighted by Crippen LogP contribution is 2.39. The van der Waals surface area contributed by atoms with E-state index < -0.39 is 0 Å². The van der Waals surface area contributed by atoms with Crippen LogP contribution in [-0.4, -0.2) is 23.1 Å². The van der Waals surface area contributed by atoms with Gasteiger partial charge in [0.1, 0.15) is 11.6 Å². The van der Waals surface area contributed by atoms with Gasteiger partial charge in [-0.3, -0.25) is 0 Å². The van der Waals surface area contributed by atoms with Crippen molar-refractivity contribution in [3.8, 4) is 5.88 Å². The van der Waals surface area contributed by atoms with E-state index >= 15 is 0 Å². The molecule has 100 valence electrons. The van der Waals surface area contributed by atoms with Gasteiger partial charge in [0.05, 0.1) is 12.2 Å². The lowest BCUT2D eigenvalue weighted by atomic mass is 10.3. The van der Waals surface area contributed by atoms with Crippen LogP contribution < -0.4 is 10.1 Å². The Morgan fingerprint density at radius 2 is 2.06 bits per heavy atom. The largest absolute Gasteiger partial charge is 0.477 e. The highest BCUT2D eigenvalue weighted by Gasteiger charge is 2.28. The summed E-state index contributed by atoms with van der Waals surface area (Å²) in [5.74, 6) is 3.19. The molecule has 1 aromatic rings. The predicted molar refractivity (Wildman–Crippen MR) is 73.3 cm³/mol. The maximum Gasteiger partial charge on any atom is 0.221 e. The van der Waals surface area contributed by atoms with Crippen LogP contribution in [0.2, 0.25) is 0 Å². The molecule has 0 aliphatic heterocycles. The van der Waals surface area contributed by atoms with Crippen LogP contribution in [0.3, 0.4) is 0 Å². The average Bonchev–Trinajstić information content (AvgIpc) is 3.18. The maximum atomic E-state index is 5.79. The SMILES string of the molecule is CCCCOc1nc(C2CC2)nc(NCC)c1C. The van der Waals surface area contributed by atoms with Crippen LogP contribution in [0, 0.1) is 6.92 Å². The van der Waals surface area contributed by atoms with E-state index in [0.29, 0.717) is 5.92 Å². The molecule has 4 heteroatoms. The average molecular weight is 249 g/mol. The summed E-state index contributed by atoms with van der Waals surface area (Å²) in [5, 5.41) is 3.30. The molecule has 1 heterocycles. The van der Waals surface area contributed by atoms with Crippen LogP contribution in [0.4, 0.5) is 5.82 Å². The van der Waals surface area contributed by atoms with Crippen molar-refractivity contribution in [2.24, 2.45) is 0 Å². The summed E-state index contributed by atoms with van der Waals surface area (Å²) >= 11 is 0. The number of hydrogen-bond acceptors (Lipinski definition) is 4. The molecule has 0 aromatic carbocycles. The van der Waals surface area contributed by atoms with Gasteiger partial charge in [-0.25, -0.2) is 4.98 Å². The van der Waals surface area contributed by atoms with E-state index in [1.54, 1.807) is 0 Å². The van der Waals surface area contributed by atoms with E-state index in [1.807, 2.05) is 6.92 Å². The Kier molecular flexibility index (Phi) is 4.39. The summed E-state index contributed by atoms with van der Waals surface area (Å²) in [4.78, 5) is 9.19. The van der Waals surface area contributed by atoms with Gasteiger partial charge < -0.3 is 10.1 Å². The third-order valence-electron chi connectivity index (χ3n) is 3.14. The van der Waals surface area contributed by atoms with Crippen LogP contribution in [0.25, 0.3) is 0 Å². The minimum atomic E-state index is 0.552. The van der Waals surface area contributed by atoms with Crippen LogP contribution in [0.1, 0.15) is 56.8 Å². The molecule has 0 bridgehead atoms. The van der Waals surface area contributed by atoms with E-state index in [2.05, 4.69) is 29.1 Å². The second kappa shape index (κ2) is 6.03. The van der Waals surface area contributed by atoms with Gasteiger partial charge in [0.25, 0.3) is 0 Å². The van der Waals surface area contributed by atoms with Crippen molar-refractivity contribution >= 4 is 5.82 Å². The first-order valence-electron chi connectivity index (χ1n) is 7.01. The smallest absolute Gasteiger partial charge is 0.221 e. The third kappa shape index (κ3) is 3.12. The number of anilines is 1. The Balaban J connectivity index is 2.18. The fraction of sp³-hybridized carbons (Fsp3) is 0.714. The van der Waals surface area contributed by atoms with Crippen LogP contribution in [0.5, 0.6) is 5.88 Å². The second-order valence-corrected chi connectivity index (χ2v) is 4.87. The molecule has 1 aliphatic carbocycles. The lowest BCUT2D eigenvalue weighted by Crippen LogP contribution is -2.09. The Labute approximate surface area is 109 Å². The number of rotatable bonds is 7. The fourth-order valence-corrected chi connectivity index (χ4v) is 1.83. The van der Waals surface area contributed by atoms with Crippen molar-refractivity contribution in [2.75, 3.05) is 18.5 Å².